The van der Waals surface area contributed by atoms with E-state index in [1.807, 2.05) is 4.90 Å². The SMILES string of the molecule is C[C@@H]1CC[C@@]2(OC1)O[C@H]1C[C@H]3[C@@H]4CC=C5C[C@@H](OC(=O)CCCC(=O)N6CCOCC6)CC[C@]5(C)[C@H]4CC[C@]3(C)[C@H]1[C@@H]2C. The highest BCUT2D eigenvalue weighted by molar-refractivity contribution is 5.77. The van der Waals surface area contributed by atoms with Crippen LogP contribution in [0.2, 0.25) is 0 Å². The van der Waals surface area contributed by atoms with Crippen LogP contribution in [0.5, 0.6) is 0 Å². The smallest absolute Gasteiger partial charge is 0.306 e. The van der Waals surface area contributed by atoms with Crippen LogP contribution < -0.4 is 0 Å². The molecule has 0 aromatic rings. The van der Waals surface area contributed by atoms with E-state index in [2.05, 4.69) is 33.8 Å². The maximum absolute atomic E-state index is 12.7. The third kappa shape index (κ3) is 5.12. The highest BCUT2D eigenvalue weighted by atomic mass is 16.7. The topological polar surface area (TPSA) is 74.3 Å². The standard InChI is InChI=1S/C36H55NO6/c1-23-10-15-36(41-22-23)24(2)33-30(43-36)21-29-27-9-8-25-20-26(11-13-34(25,3)28(27)12-14-35(29,33)4)42-32(39)7-5-6-31(38)37-16-18-40-19-17-37/h8,23-24,26-30,33H,5-7,9-22H2,1-4H3/t23-,24+,26+,27-,28+,29+,30+,33+,34+,35+,36-/m1/s1. The van der Waals surface area contributed by atoms with E-state index in [-0.39, 0.29) is 29.2 Å². The molecule has 240 valence electrons. The second kappa shape index (κ2) is 11.4. The van der Waals surface area contributed by atoms with Crippen molar-refractivity contribution in [3.05, 3.63) is 11.6 Å². The van der Waals surface area contributed by atoms with Crippen molar-refractivity contribution < 1.29 is 28.5 Å². The molecule has 1 spiro atoms. The molecule has 3 aliphatic heterocycles. The molecular formula is C36H55NO6. The molecule has 3 heterocycles. The predicted molar refractivity (Wildman–Crippen MR) is 163 cm³/mol. The first-order valence-electron chi connectivity index (χ1n) is 17.7. The summed E-state index contributed by atoms with van der Waals surface area (Å²) in [5.41, 5.74) is 2.08. The van der Waals surface area contributed by atoms with Gasteiger partial charge in [-0.1, -0.05) is 39.3 Å². The molecule has 7 aliphatic rings. The van der Waals surface area contributed by atoms with Crippen molar-refractivity contribution in [1.82, 2.24) is 4.90 Å². The molecule has 4 aliphatic carbocycles. The minimum atomic E-state index is -0.341. The zero-order chi connectivity index (χ0) is 30.0. The van der Waals surface area contributed by atoms with Gasteiger partial charge in [0.1, 0.15) is 6.10 Å². The lowest BCUT2D eigenvalue weighted by atomic mass is 9.47. The fraction of sp³-hybridized carbons (Fsp3) is 0.889. The highest BCUT2D eigenvalue weighted by Gasteiger charge is 2.68. The lowest BCUT2D eigenvalue weighted by Gasteiger charge is -2.58. The Bertz CT molecular complexity index is 1110. The summed E-state index contributed by atoms with van der Waals surface area (Å²) in [6.07, 6.45) is 14.3. The van der Waals surface area contributed by atoms with Gasteiger partial charge in [-0.2, -0.15) is 0 Å². The van der Waals surface area contributed by atoms with Gasteiger partial charge >= 0.3 is 5.97 Å². The molecule has 0 radical (unpaired) electrons. The number of rotatable bonds is 5. The fourth-order valence-corrected chi connectivity index (χ4v) is 11.3. The van der Waals surface area contributed by atoms with Crippen molar-refractivity contribution in [2.24, 2.45) is 46.3 Å². The number of amides is 1. The van der Waals surface area contributed by atoms with Crippen molar-refractivity contribution >= 4 is 11.9 Å². The molecule has 0 unspecified atom stereocenters. The average Bonchev–Trinajstić information content (AvgIpc) is 3.44. The number of nitrogens with zero attached hydrogens (tertiary/aromatic N) is 1. The van der Waals surface area contributed by atoms with Crippen LogP contribution in [0.3, 0.4) is 0 Å². The van der Waals surface area contributed by atoms with Crippen molar-refractivity contribution in [3.8, 4) is 0 Å². The minimum absolute atomic E-state index is 0.0262. The van der Waals surface area contributed by atoms with E-state index in [0.29, 0.717) is 86.7 Å². The van der Waals surface area contributed by atoms with Crippen LogP contribution in [0.15, 0.2) is 11.6 Å². The van der Waals surface area contributed by atoms with Gasteiger partial charge in [0, 0.05) is 44.7 Å². The van der Waals surface area contributed by atoms with E-state index in [0.717, 1.165) is 44.6 Å². The minimum Gasteiger partial charge on any atom is -0.462 e. The summed E-state index contributed by atoms with van der Waals surface area (Å²) < 4.78 is 24.8. The molecule has 0 aromatic heterocycles. The quantitative estimate of drug-likeness (QED) is 0.274. The van der Waals surface area contributed by atoms with E-state index < -0.39 is 0 Å². The van der Waals surface area contributed by atoms with Crippen LogP contribution >= 0.6 is 0 Å². The monoisotopic (exact) mass is 597 g/mol. The molecule has 7 rings (SSSR count). The van der Waals surface area contributed by atoms with Gasteiger partial charge in [-0.05, 0) is 91.8 Å². The third-order valence-corrected chi connectivity index (χ3v) is 13.8. The Morgan fingerprint density at radius 1 is 1.02 bits per heavy atom. The van der Waals surface area contributed by atoms with Crippen LogP contribution in [-0.2, 0) is 28.5 Å². The Hall–Kier alpha value is -1.44. The maximum Gasteiger partial charge on any atom is 0.306 e. The van der Waals surface area contributed by atoms with Gasteiger partial charge in [0.05, 0.1) is 25.9 Å². The molecule has 3 saturated heterocycles. The lowest BCUT2D eigenvalue weighted by molar-refractivity contribution is -0.272. The summed E-state index contributed by atoms with van der Waals surface area (Å²) in [5, 5.41) is 0. The summed E-state index contributed by atoms with van der Waals surface area (Å²) in [6, 6.07) is 0. The largest absolute Gasteiger partial charge is 0.462 e. The van der Waals surface area contributed by atoms with E-state index in [1.54, 1.807) is 0 Å². The Labute approximate surface area is 258 Å². The second-order valence-electron chi connectivity index (χ2n) is 16.0. The summed E-state index contributed by atoms with van der Waals surface area (Å²) in [6.45, 7) is 13.2. The van der Waals surface area contributed by atoms with Gasteiger partial charge in [-0.3, -0.25) is 9.59 Å². The normalized spacial score (nSPS) is 47.3. The number of carbonyl (C=O) groups is 2. The summed E-state index contributed by atoms with van der Waals surface area (Å²) in [7, 11) is 0. The number of esters is 1. The van der Waals surface area contributed by atoms with Gasteiger partial charge in [0.25, 0.3) is 0 Å². The fourth-order valence-electron chi connectivity index (χ4n) is 11.3. The van der Waals surface area contributed by atoms with Crippen molar-refractivity contribution in [3.63, 3.8) is 0 Å². The Balaban J connectivity index is 0.955. The van der Waals surface area contributed by atoms with Gasteiger partial charge < -0.3 is 23.8 Å². The van der Waals surface area contributed by atoms with E-state index in [4.69, 9.17) is 18.9 Å². The Kier molecular flexibility index (Phi) is 8.03. The number of hydrogen-bond donors (Lipinski definition) is 0. The maximum atomic E-state index is 12.7. The summed E-state index contributed by atoms with van der Waals surface area (Å²) in [5.74, 6) is 3.49. The van der Waals surface area contributed by atoms with Crippen LogP contribution in [0.25, 0.3) is 0 Å². The van der Waals surface area contributed by atoms with Gasteiger partial charge in [0.15, 0.2) is 5.79 Å². The number of hydrogen-bond acceptors (Lipinski definition) is 6. The lowest BCUT2D eigenvalue weighted by Crippen LogP contribution is -2.52. The zero-order valence-corrected chi connectivity index (χ0v) is 27.1. The van der Waals surface area contributed by atoms with Crippen LogP contribution in [0.1, 0.15) is 105 Å². The molecule has 7 nitrogen and oxygen atoms in total. The second-order valence-corrected chi connectivity index (χ2v) is 16.0. The van der Waals surface area contributed by atoms with Crippen molar-refractivity contribution in [1.29, 1.82) is 0 Å². The molecule has 3 saturated carbocycles. The first-order valence-corrected chi connectivity index (χ1v) is 17.7. The molecule has 0 N–H and O–H groups in total. The molecule has 0 aromatic carbocycles. The van der Waals surface area contributed by atoms with E-state index >= 15 is 0 Å². The molecule has 0 bridgehead atoms. The predicted octanol–water partition coefficient (Wildman–Crippen LogP) is 6.29. The molecule has 11 atom stereocenters. The summed E-state index contributed by atoms with van der Waals surface area (Å²) in [4.78, 5) is 27.0. The number of carbonyl (C=O) groups excluding carboxylic acids is 2. The van der Waals surface area contributed by atoms with Gasteiger partial charge in [-0.15, -0.1) is 0 Å². The van der Waals surface area contributed by atoms with Crippen LogP contribution in [0.4, 0.5) is 0 Å². The van der Waals surface area contributed by atoms with E-state index in [1.165, 1.54) is 31.3 Å². The first-order chi connectivity index (χ1) is 20.6. The van der Waals surface area contributed by atoms with Gasteiger partial charge in [-0.25, -0.2) is 0 Å². The number of morpholine rings is 1. The van der Waals surface area contributed by atoms with Crippen molar-refractivity contribution in [2.45, 2.75) is 123 Å². The Morgan fingerprint density at radius 3 is 2.60 bits per heavy atom. The molecular weight excluding hydrogens is 542 g/mol. The Morgan fingerprint density at radius 2 is 1.84 bits per heavy atom. The van der Waals surface area contributed by atoms with Crippen LogP contribution in [-0.4, -0.2) is 67.7 Å². The number of allylic oxidation sites excluding steroid dienone is 1. The molecule has 43 heavy (non-hydrogen) atoms. The van der Waals surface area contributed by atoms with Crippen molar-refractivity contribution in [2.75, 3.05) is 32.9 Å². The molecule has 6 fully saturated rings. The first kappa shape index (κ1) is 30.2. The summed E-state index contributed by atoms with van der Waals surface area (Å²) >= 11 is 0. The van der Waals surface area contributed by atoms with Gasteiger partial charge in [0.2, 0.25) is 5.91 Å². The molecule has 1 amide bonds. The number of ether oxygens (including phenoxy) is 4. The number of fused-ring (bicyclic) bond motifs is 7. The zero-order valence-electron chi connectivity index (χ0n) is 27.1. The van der Waals surface area contributed by atoms with Crippen LogP contribution in [0, 0.1) is 46.3 Å². The van der Waals surface area contributed by atoms with E-state index in [9.17, 15) is 9.59 Å². The highest BCUT2D eigenvalue weighted by Crippen LogP contribution is 2.70. The average molecular weight is 598 g/mol. The third-order valence-electron chi connectivity index (χ3n) is 13.8. The molecule has 7 heteroatoms.